The molecule has 6 rings (SSSR count). The van der Waals surface area contributed by atoms with Crippen LogP contribution in [-0.2, 0) is 65.7 Å². The summed E-state index contributed by atoms with van der Waals surface area (Å²) in [7, 11) is -4.81. The van der Waals surface area contributed by atoms with Gasteiger partial charge in [-0.1, -0.05) is 0 Å². The molecular formula is C38H69N2O33P. The number of ether oxygens (including phenoxy) is 11. The highest BCUT2D eigenvalue weighted by atomic mass is 31.2. The van der Waals surface area contributed by atoms with E-state index in [4.69, 9.17) is 68.1 Å². The molecular weight excluding hydrogens is 1040 g/mol. The highest BCUT2D eigenvalue weighted by Crippen LogP contribution is 2.44. The van der Waals surface area contributed by atoms with Crippen LogP contribution in [0.1, 0.15) is 0 Å². The molecule has 434 valence electrons. The molecule has 36 heteroatoms. The Morgan fingerprint density at radius 3 is 1.32 bits per heavy atom. The summed E-state index contributed by atoms with van der Waals surface area (Å²) in [5.74, 6) is 0. The lowest BCUT2D eigenvalue weighted by Crippen LogP contribution is -2.68. The number of aliphatic hydroxyl groups is 18. The zero-order valence-corrected chi connectivity index (χ0v) is 39.7. The van der Waals surface area contributed by atoms with Gasteiger partial charge >= 0.3 is 7.82 Å². The van der Waals surface area contributed by atoms with Gasteiger partial charge in [-0.2, -0.15) is 0 Å². The minimum atomic E-state index is -4.81. The van der Waals surface area contributed by atoms with E-state index in [0.717, 1.165) is 0 Å². The summed E-state index contributed by atoms with van der Waals surface area (Å²) in [5.41, 5.74) is 11.1. The zero-order chi connectivity index (χ0) is 54.7. The molecule has 1 unspecified atom stereocenters. The van der Waals surface area contributed by atoms with Gasteiger partial charge in [-0.25, -0.2) is 4.57 Å². The number of rotatable bonds is 21. The third kappa shape index (κ3) is 13.9. The van der Waals surface area contributed by atoms with E-state index in [9.17, 15) is 101 Å². The van der Waals surface area contributed by atoms with E-state index < -0.39 is 238 Å². The molecule has 74 heavy (non-hydrogen) atoms. The van der Waals surface area contributed by atoms with E-state index in [1.165, 1.54) is 0 Å². The minimum Gasteiger partial charge on any atom is -0.394 e. The molecule has 6 fully saturated rings. The van der Waals surface area contributed by atoms with Crippen LogP contribution in [0.4, 0.5) is 0 Å². The maximum absolute atomic E-state index is 12.3. The molecule has 0 aromatic carbocycles. The molecule has 0 aromatic rings. The van der Waals surface area contributed by atoms with Crippen molar-refractivity contribution < 1.29 is 163 Å². The fourth-order valence-electron chi connectivity index (χ4n) is 8.67. The molecule has 35 nitrogen and oxygen atoms in total. The van der Waals surface area contributed by atoms with Gasteiger partial charge in [0.1, 0.15) is 140 Å². The van der Waals surface area contributed by atoms with Crippen molar-refractivity contribution in [3.8, 4) is 0 Å². The summed E-state index contributed by atoms with van der Waals surface area (Å²) in [4.78, 5) is 9.93. The summed E-state index contributed by atoms with van der Waals surface area (Å²) in [5, 5.41) is 192. The van der Waals surface area contributed by atoms with Gasteiger partial charge in [0, 0.05) is 6.54 Å². The molecule has 0 saturated carbocycles. The first-order valence-electron chi connectivity index (χ1n) is 23.1. The van der Waals surface area contributed by atoms with Gasteiger partial charge in [0.05, 0.1) is 52.3 Å². The van der Waals surface area contributed by atoms with Crippen molar-refractivity contribution in [1.82, 2.24) is 0 Å². The third-order valence-electron chi connectivity index (χ3n) is 13.1. The molecule has 0 aromatic heterocycles. The van der Waals surface area contributed by atoms with Crippen molar-refractivity contribution in [3.63, 3.8) is 0 Å². The van der Waals surface area contributed by atoms with E-state index >= 15 is 0 Å². The Morgan fingerprint density at radius 2 is 0.797 bits per heavy atom. The summed E-state index contributed by atoms with van der Waals surface area (Å²) < 4.78 is 83.5. The van der Waals surface area contributed by atoms with Crippen molar-refractivity contribution >= 4 is 7.82 Å². The van der Waals surface area contributed by atoms with Crippen LogP contribution in [0.2, 0.25) is 0 Å². The van der Waals surface area contributed by atoms with Crippen LogP contribution in [0.5, 0.6) is 0 Å². The monoisotopic (exact) mass is 1110 g/mol. The number of hydrogen-bond acceptors (Lipinski definition) is 34. The molecule has 6 saturated heterocycles. The summed E-state index contributed by atoms with van der Waals surface area (Å²) >= 11 is 0. The number of hydrogen-bond donors (Lipinski definition) is 21. The van der Waals surface area contributed by atoms with E-state index in [1.807, 2.05) is 0 Å². The predicted molar refractivity (Wildman–Crippen MR) is 225 cm³/mol. The Balaban J connectivity index is 1.23. The summed E-state index contributed by atoms with van der Waals surface area (Å²) in [6, 6.07) is -1.59. The topological polar surface area (TPSA) is 573 Å². The number of aliphatic hydroxyl groups excluding tert-OH is 18. The van der Waals surface area contributed by atoms with E-state index in [1.54, 1.807) is 0 Å². The fraction of sp³-hybridized carbons (Fsp3) is 1.00. The SMILES string of the molecule is NCCOP(=O)(O)OC[C@H]1O[C@H](O[C@@H]2[C@@H](OC[C@H]3O[C@H](O[C@H]4[C@H](O)[C@@H](N)[C@@H](O)O[C@@H]4CO)[C@@H](O)[C@@H](O[C@H]4O[C@H](CO[C@H]5O[C@H](CO)[C@H](O)[C@H](O)[C@H]5O)[C@H](O)[C@H](O)[C@H]4O)[C@@H]3O)O[C@H](CO)[C@@H](O)[C@@H]2O)[C@@H](O)[C@@H](O)[C@@H]1O. The van der Waals surface area contributed by atoms with Crippen molar-refractivity contribution in [3.05, 3.63) is 0 Å². The fourth-order valence-corrected chi connectivity index (χ4v) is 9.42. The van der Waals surface area contributed by atoms with E-state index in [2.05, 4.69) is 4.52 Å². The first-order valence-corrected chi connectivity index (χ1v) is 24.6. The smallest absolute Gasteiger partial charge is 0.394 e. The Kier molecular flexibility index (Phi) is 22.6. The Morgan fingerprint density at radius 1 is 0.392 bits per heavy atom. The lowest BCUT2D eigenvalue weighted by molar-refractivity contribution is -0.387. The van der Waals surface area contributed by atoms with Crippen molar-refractivity contribution in [2.75, 3.05) is 52.8 Å². The molecule has 0 radical (unpaired) electrons. The van der Waals surface area contributed by atoms with Gasteiger partial charge in [-0.05, 0) is 0 Å². The summed E-state index contributed by atoms with van der Waals surface area (Å²) in [6.45, 7) is -6.20. The van der Waals surface area contributed by atoms with Crippen molar-refractivity contribution in [1.29, 1.82) is 0 Å². The minimum absolute atomic E-state index is 0.188. The molecule has 6 aliphatic rings. The third-order valence-corrected chi connectivity index (χ3v) is 14.1. The van der Waals surface area contributed by atoms with Crippen LogP contribution in [0, 0.1) is 0 Å². The zero-order valence-electron chi connectivity index (χ0n) is 38.8. The van der Waals surface area contributed by atoms with Gasteiger partial charge in [0.25, 0.3) is 0 Å². The van der Waals surface area contributed by atoms with Crippen LogP contribution in [0.15, 0.2) is 0 Å². The van der Waals surface area contributed by atoms with Gasteiger partial charge in [0.15, 0.2) is 37.7 Å². The van der Waals surface area contributed by atoms with Gasteiger partial charge in [0.2, 0.25) is 0 Å². The molecule has 6 aliphatic heterocycles. The lowest BCUT2D eigenvalue weighted by Gasteiger charge is -2.49. The quantitative estimate of drug-likeness (QED) is 0.0475. The largest absolute Gasteiger partial charge is 0.472 e. The van der Waals surface area contributed by atoms with Crippen LogP contribution in [0.3, 0.4) is 0 Å². The number of phosphoric acid groups is 1. The van der Waals surface area contributed by atoms with Gasteiger partial charge in [-0.3, -0.25) is 9.05 Å². The highest BCUT2D eigenvalue weighted by Gasteiger charge is 2.56. The Bertz CT molecular complexity index is 1760. The molecule has 0 amide bonds. The molecule has 31 atom stereocenters. The Labute approximate surface area is 418 Å². The standard InChI is InChI=1S/C38H69N2O33P/c39-1-2-63-74(59,60)64-8-14-19(47)24(52)28(56)36(70-14)73-32-25(53)17(45)10(4-42)67-38(32)62-7-13-20(48)31(29(57)37(69-13)71-30-11(5-43)65-33(58)15(40)21(30)49)72-35-27(55)23(51)18(46)12(68-35)6-61-34-26(54)22(50)16(44)9(3-41)66-34/h9-38,41-58H,1-8,39-40H2,(H,59,60)/t9-,10-,11-,12-,13-,14-,15-,16+,17-,18+,19-,20-,21-,22+,23+,24+,25+,26-,27-,28+,29+,30-,31+,32+,33+,34+,35-,36-,37-,38+/m1/s1. The maximum atomic E-state index is 12.3. The average Bonchev–Trinajstić information content (AvgIpc) is 3.38. The maximum Gasteiger partial charge on any atom is 0.472 e. The molecule has 6 heterocycles. The van der Waals surface area contributed by atoms with Crippen molar-refractivity contribution in [2.24, 2.45) is 11.5 Å². The van der Waals surface area contributed by atoms with Crippen LogP contribution < -0.4 is 11.5 Å². The number of nitrogens with two attached hydrogens (primary N) is 2. The average molecular weight is 1110 g/mol. The van der Waals surface area contributed by atoms with E-state index in [0.29, 0.717) is 0 Å². The molecule has 0 aliphatic carbocycles. The molecule has 23 N–H and O–H groups in total. The summed E-state index contributed by atoms with van der Waals surface area (Å²) in [6.07, 6.45) is -56.7. The molecule has 0 spiro atoms. The van der Waals surface area contributed by atoms with Crippen molar-refractivity contribution in [2.45, 2.75) is 184 Å². The van der Waals surface area contributed by atoms with Crippen LogP contribution >= 0.6 is 7.82 Å². The first kappa shape index (κ1) is 62.1. The van der Waals surface area contributed by atoms with Gasteiger partial charge in [-0.15, -0.1) is 0 Å². The number of phosphoric ester groups is 1. The van der Waals surface area contributed by atoms with Crippen LogP contribution in [-0.4, -0.2) is 334 Å². The predicted octanol–water partition coefficient (Wildman–Crippen LogP) is -14.0. The van der Waals surface area contributed by atoms with Gasteiger partial charge < -0.3 is 160 Å². The lowest BCUT2D eigenvalue weighted by atomic mass is 9.95. The van der Waals surface area contributed by atoms with Crippen LogP contribution in [0.25, 0.3) is 0 Å². The second-order valence-electron chi connectivity index (χ2n) is 18.1. The molecule has 0 bridgehead atoms. The van der Waals surface area contributed by atoms with E-state index in [-0.39, 0.29) is 6.54 Å². The normalized spacial score (nSPS) is 50.3. The highest BCUT2D eigenvalue weighted by molar-refractivity contribution is 7.47. The Hall–Kier alpha value is -1.13. The first-order chi connectivity index (χ1) is 34.9. The second-order valence-corrected chi connectivity index (χ2v) is 19.6. The second kappa shape index (κ2) is 26.9.